The smallest absolute Gasteiger partial charge is 0.422 e. The van der Waals surface area contributed by atoms with E-state index in [9.17, 15) is 17.6 Å². The van der Waals surface area contributed by atoms with E-state index < -0.39 is 16.9 Å². The molecule has 0 amide bonds. The Bertz CT molecular complexity index is 919. The van der Waals surface area contributed by atoms with E-state index in [-0.39, 0.29) is 6.61 Å². The number of halogens is 4. The SMILES string of the molecule is OCCN1CCN(CCCC2=C3SC(C(F)(F)F)=CC=C3Oc3cc(F)ccc32)CC1. The van der Waals surface area contributed by atoms with Crippen LogP contribution in [0.25, 0.3) is 5.57 Å². The highest BCUT2D eigenvalue weighted by molar-refractivity contribution is 8.07. The van der Waals surface area contributed by atoms with Gasteiger partial charge in [-0.2, -0.15) is 13.2 Å². The van der Waals surface area contributed by atoms with Gasteiger partial charge in [0.15, 0.2) is 0 Å². The van der Waals surface area contributed by atoms with Gasteiger partial charge in [-0.15, -0.1) is 0 Å². The summed E-state index contributed by atoms with van der Waals surface area (Å²) in [5.41, 5.74) is 1.42. The van der Waals surface area contributed by atoms with E-state index in [0.29, 0.717) is 46.7 Å². The Morgan fingerprint density at radius 1 is 1.03 bits per heavy atom. The second-order valence-electron chi connectivity index (χ2n) is 7.72. The Labute approximate surface area is 182 Å². The molecule has 31 heavy (non-hydrogen) atoms. The van der Waals surface area contributed by atoms with Crippen LogP contribution in [0.3, 0.4) is 0 Å². The molecule has 0 unspecified atom stereocenters. The molecule has 1 fully saturated rings. The van der Waals surface area contributed by atoms with Gasteiger partial charge in [-0.1, -0.05) is 11.8 Å². The van der Waals surface area contributed by atoms with Crippen molar-refractivity contribution in [3.63, 3.8) is 0 Å². The molecule has 9 heteroatoms. The first-order valence-electron chi connectivity index (χ1n) is 10.3. The number of β-amino-alcohol motifs (C(OH)–C–C–N with tert-alkyl or cyclic N) is 1. The summed E-state index contributed by atoms with van der Waals surface area (Å²) in [5, 5.41) is 9.06. The maximum Gasteiger partial charge on any atom is 0.422 e. The third-order valence-electron chi connectivity index (χ3n) is 5.65. The second kappa shape index (κ2) is 9.36. The highest BCUT2D eigenvalue weighted by Gasteiger charge is 2.39. The average Bonchev–Trinajstić information content (AvgIpc) is 2.73. The molecule has 1 aromatic rings. The van der Waals surface area contributed by atoms with Gasteiger partial charge in [0.1, 0.15) is 17.3 Å². The van der Waals surface area contributed by atoms with Crippen LogP contribution in [0.15, 0.2) is 45.9 Å². The maximum atomic E-state index is 13.7. The van der Waals surface area contributed by atoms with Gasteiger partial charge in [0.05, 0.1) is 16.4 Å². The fourth-order valence-electron chi connectivity index (χ4n) is 4.04. The first-order valence-corrected chi connectivity index (χ1v) is 11.1. The number of thioether (sulfide) groups is 1. The number of nitrogens with zero attached hydrogens (tertiary/aromatic N) is 2. The Balaban J connectivity index is 1.50. The van der Waals surface area contributed by atoms with Crippen molar-refractivity contribution in [1.29, 1.82) is 0 Å². The Morgan fingerprint density at radius 3 is 2.42 bits per heavy atom. The average molecular weight is 457 g/mol. The lowest BCUT2D eigenvalue weighted by Crippen LogP contribution is -2.47. The number of rotatable bonds is 6. The van der Waals surface area contributed by atoms with Crippen molar-refractivity contribution in [3.8, 4) is 5.75 Å². The quantitative estimate of drug-likeness (QED) is 0.643. The first kappa shape index (κ1) is 22.4. The number of piperazine rings is 1. The number of aliphatic hydroxyl groups excluding tert-OH is 1. The molecule has 0 aromatic heterocycles. The molecular weight excluding hydrogens is 432 g/mol. The number of allylic oxidation sites excluding steroid dienone is 4. The van der Waals surface area contributed by atoms with E-state index in [2.05, 4.69) is 9.80 Å². The molecule has 0 bridgehead atoms. The lowest BCUT2D eigenvalue weighted by molar-refractivity contribution is -0.0836. The minimum atomic E-state index is -4.43. The lowest BCUT2D eigenvalue weighted by Gasteiger charge is -2.34. The zero-order valence-corrected chi connectivity index (χ0v) is 17.7. The van der Waals surface area contributed by atoms with Gasteiger partial charge in [-0.3, -0.25) is 4.90 Å². The number of hydrogen-bond donors (Lipinski definition) is 1. The van der Waals surface area contributed by atoms with Crippen molar-refractivity contribution in [2.45, 2.75) is 19.0 Å². The standard InChI is InChI=1S/C22H24F4N2O2S/c23-15-3-4-16-17(2-1-7-27-8-10-28(11-9-27)12-13-29)21-18(30-19(16)14-15)5-6-20(31-21)22(24,25)26/h3-6,14,29H,1-2,7-13H2. The number of alkyl halides is 3. The van der Waals surface area contributed by atoms with E-state index in [1.807, 2.05) is 0 Å². The molecule has 168 valence electrons. The molecule has 0 radical (unpaired) electrons. The summed E-state index contributed by atoms with van der Waals surface area (Å²) in [6, 6.07) is 4.18. The van der Waals surface area contributed by atoms with Gasteiger partial charge < -0.3 is 14.7 Å². The first-order chi connectivity index (χ1) is 14.8. The monoisotopic (exact) mass is 456 g/mol. The summed E-state index contributed by atoms with van der Waals surface area (Å²) >= 11 is 0.675. The van der Waals surface area contributed by atoms with Crippen molar-refractivity contribution in [1.82, 2.24) is 9.80 Å². The predicted octanol–water partition coefficient (Wildman–Crippen LogP) is 4.40. The van der Waals surface area contributed by atoms with E-state index in [4.69, 9.17) is 9.84 Å². The Morgan fingerprint density at radius 2 is 1.74 bits per heavy atom. The number of hydrogen-bond acceptors (Lipinski definition) is 5. The number of benzene rings is 1. The topological polar surface area (TPSA) is 35.9 Å². The third kappa shape index (κ3) is 5.16. The summed E-state index contributed by atoms with van der Waals surface area (Å²) in [4.78, 5) is 4.32. The molecule has 0 atom stereocenters. The zero-order valence-electron chi connectivity index (χ0n) is 16.9. The van der Waals surface area contributed by atoms with Crippen molar-refractivity contribution in [3.05, 3.63) is 57.3 Å². The van der Waals surface area contributed by atoms with Gasteiger partial charge >= 0.3 is 6.18 Å². The van der Waals surface area contributed by atoms with Crippen LogP contribution in [0.1, 0.15) is 18.4 Å². The highest BCUT2D eigenvalue weighted by Crippen LogP contribution is 2.51. The van der Waals surface area contributed by atoms with Gasteiger partial charge in [-0.05, 0) is 49.2 Å². The van der Waals surface area contributed by atoms with Crippen molar-refractivity contribution in [2.75, 3.05) is 45.9 Å². The highest BCUT2D eigenvalue weighted by atomic mass is 32.2. The number of ether oxygens (including phenoxy) is 1. The van der Waals surface area contributed by atoms with Crippen LogP contribution < -0.4 is 4.74 Å². The van der Waals surface area contributed by atoms with Crippen LogP contribution in [-0.2, 0) is 0 Å². The molecule has 0 saturated carbocycles. The molecule has 1 aromatic carbocycles. The summed E-state index contributed by atoms with van der Waals surface area (Å²) in [7, 11) is 0. The van der Waals surface area contributed by atoms with Crippen molar-refractivity contribution >= 4 is 17.3 Å². The molecule has 3 heterocycles. The van der Waals surface area contributed by atoms with Crippen LogP contribution in [0.4, 0.5) is 17.6 Å². The third-order valence-corrected chi connectivity index (χ3v) is 6.89. The number of fused-ring (bicyclic) bond motifs is 2. The normalized spacial score (nSPS) is 20.0. The predicted molar refractivity (Wildman–Crippen MR) is 113 cm³/mol. The Kier molecular flexibility index (Phi) is 6.76. The largest absolute Gasteiger partial charge is 0.455 e. The minimum Gasteiger partial charge on any atom is -0.455 e. The Hall–Kier alpha value is -1.81. The van der Waals surface area contributed by atoms with E-state index in [1.54, 1.807) is 6.07 Å². The van der Waals surface area contributed by atoms with E-state index in [0.717, 1.165) is 50.8 Å². The molecule has 0 aliphatic carbocycles. The van der Waals surface area contributed by atoms with Gasteiger partial charge in [-0.25, -0.2) is 4.39 Å². The number of aliphatic hydroxyl groups is 1. The summed E-state index contributed by atoms with van der Waals surface area (Å²) in [6.45, 7) is 5.25. The summed E-state index contributed by atoms with van der Waals surface area (Å²) in [5.74, 6) is 0.230. The lowest BCUT2D eigenvalue weighted by atomic mass is 9.96. The molecule has 3 aliphatic heterocycles. The molecular formula is C22H24F4N2O2S. The van der Waals surface area contributed by atoms with Crippen LogP contribution in [0.2, 0.25) is 0 Å². The molecule has 0 spiro atoms. The van der Waals surface area contributed by atoms with Crippen LogP contribution in [0.5, 0.6) is 5.75 Å². The van der Waals surface area contributed by atoms with Gasteiger partial charge in [0.2, 0.25) is 0 Å². The fourth-order valence-corrected chi connectivity index (χ4v) is 5.06. The van der Waals surface area contributed by atoms with Crippen molar-refractivity contribution < 1.29 is 27.4 Å². The molecule has 1 saturated heterocycles. The molecule has 1 N–H and O–H groups in total. The molecule has 4 nitrogen and oxygen atoms in total. The summed E-state index contributed by atoms with van der Waals surface area (Å²) < 4.78 is 59.4. The molecule has 4 rings (SSSR count). The van der Waals surface area contributed by atoms with Crippen LogP contribution in [0, 0.1) is 5.82 Å². The zero-order chi connectivity index (χ0) is 22.0. The fraction of sp³-hybridized carbons (Fsp3) is 0.455. The summed E-state index contributed by atoms with van der Waals surface area (Å²) in [6.07, 6.45) is -0.750. The minimum absolute atomic E-state index is 0.154. The van der Waals surface area contributed by atoms with Gasteiger partial charge in [0, 0.05) is 44.4 Å². The second-order valence-corrected chi connectivity index (χ2v) is 8.77. The van der Waals surface area contributed by atoms with E-state index in [1.165, 1.54) is 18.2 Å². The maximum absolute atomic E-state index is 13.7. The van der Waals surface area contributed by atoms with Crippen LogP contribution >= 0.6 is 11.8 Å². The van der Waals surface area contributed by atoms with Crippen LogP contribution in [-0.4, -0.2) is 67.0 Å². The van der Waals surface area contributed by atoms with Crippen molar-refractivity contribution in [2.24, 2.45) is 0 Å². The van der Waals surface area contributed by atoms with Gasteiger partial charge in [0.25, 0.3) is 0 Å². The van der Waals surface area contributed by atoms with E-state index >= 15 is 0 Å². The molecule has 3 aliphatic rings.